The number of hydrogen-bond donors (Lipinski definition) is 1. The van der Waals surface area contributed by atoms with E-state index in [0.717, 1.165) is 12.8 Å². The van der Waals surface area contributed by atoms with Crippen LogP contribution in [0, 0.1) is 5.41 Å². The average Bonchev–Trinajstić information content (AvgIpc) is 3.16. The first-order chi connectivity index (χ1) is 9.04. The van der Waals surface area contributed by atoms with Crippen molar-refractivity contribution in [1.82, 2.24) is 5.32 Å². The van der Waals surface area contributed by atoms with E-state index in [1.54, 1.807) is 31.2 Å². The summed E-state index contributed by atoms with van der Waals surface area (Å²) in [5, 5.41) is 3.48. The molecule has 19 heavy (non-hydrogen) atoms. The van der Waals surface area contributed by atoms with Crippen LogP contribution in [0.4, 0.5) is 0 Å². The summed E-state index contributed by atoms with van der Waals surface area (Å²) in [6, 6.07) is 7.01. The summed E-state index contributed by atoms with van der Waals surface area (Å²) < 4.78 is 5.55. The van der Waals surface area contributed by atoms with E-state index in [2.05, 4.69) is 5.32 Å². The third-order valence-electron chi connectivity index (χ3n) is 3.36. The van der Waals surface area contributed by atoms with Crippen LogP contribution in [0.1, 0.15) is 19.8 Å². The van der Waals surface area contributed by atoms with Crippen LogP contribution < -0.4 is 10.1 Å². The number of carbonyl (C=O) groups is 1. The molecule has 1 saturated carbocycles. The van der Waals surface area contributed by atoms with Crippen LogP contribution in [-0.2, 0) is 4.79 Å². The van der Waals surface area contributed by atoms with Gasteiger partial charge in [-0.2, -0.15) is 0 Å². The number of hydrogen-bond acceptors (Lipinski definition) is 2. The van der Waals surface area contributed by atoms with Crippen molar-refractivity contribution in [2.75, 3.05) is 12.4 Å². The molecule has 0 spiro atoms. The van der Waals surface area contributed by atoms with Gasteiger partial charge in [-0.25, -0.2) is 0 Å². The Morgan fingerprint density at radius 3 is 2.84 bits per heavy atom. The fourth-order valence-electron chi connectivity index (χ4n) is 1.75. The summed E-state index contributed by atoms with van der Waals surface area (Å²) in [6.07, 6.45) is 1.62. The van der Waals surface area contributed by atoms with E-state index in [9.17, 15) is 4.79 Å². The van der Waals surface area contributed by atoms with Gasteiger partial charge in [0.15, 0.2) is 6.10 Å². The highest BCUT2D eigenvalue weighted by molar-refractivity contribution is 6.30. The lowest BCUT2D eigenvalue weighted by molar-refractivity contribution is -0.127. The monoisotopic (exact) mass is 301 g/mol. The van der Waals surface area contributed by atoms with Crippen molar-refractivity contribution in [2.45, 2.75) is 25.9 Å². The molecule has 1 fully saturated rings. The lowest BCUT2D eigenvalue weighted by atomic mass is 10.1. The van der Waals surface area contributed by atoms with Crippen molar-refractivity contribution in [3.05, 3.63) is 29.3 Å². The number of benzene rings is 1. The van der Waals surface area contributed by atoms with E-state index in [1.807, 2.05) is 0 Å². The molecular formula is C14H17Cl2NO2. The standard InChI is InChI=1S/C14H17Cl2NO2/c1-10(19-12-4-2-3-11(16)7-12)13(18)17-9-14(8-15)5-6-14/h2-4,7,10H,5-6,8-9H2,1H3,(H,17,18). The summed E-state index contributed by atoms with van der Waals surface area (Å²) in [5.41, 5.74) is 0.118. The number of rotatable bonds is 6. The molecule has 1 unspecified atom stereocenters. The third-order valence-corrected chi connectivity index (χ3v) is 4.16. The molecule has 1 aromatic rings. The Morgan fingerprint density at radius 1 is 1.53 bits per heavy atom. The Bertz CT molecular complexity index is 461. The molecule has 0 bridgehead atoms. The van der Waals surface area contributed by atoms with E-state index in [0.29, 0.717) is 23.2 Å². The van der Waals surface area contributed by atoms with Gasteiger partial charge in [0.05, 0.1) is 0 Å². The Balaban J connectivity index is 1.82. The molecule has 1 aromatic carbocycles. The predicted molar refractivity (Wildman–Crippen MR) is 76.9 cm³/mol. The number of nitrogens with one attached hydrogen (secondary N) is 1. The van der Waals surface area contributed by atoms with Gasteiger partial charge in [-0.1, -0.05) is 17.7 Å². The van der Waals surface area contributed by atoms with Crippen LogP contribution in [0.2, 0.25) is 5.02 Å². The largest absolute Gasteiger partial charge is 0.481 e. The smallest absolute Gasteiger partial charge is 0.260 e. The molecular weight excluding hydrogens is 285 g/mol. The third kappa shape index (κ3) is 4.02. The van der Waals surface area contributed by atoms with Gasteiger partial charge in [0, 0.05) is 22.9 Å². The zero-order valence-electron chi connectivity index (χ0n) is 10.8. The molecule has 0 aromatic heterocycles. The second kappa shape index (κ2) is 6.02. The molecule has 0 heterocycles. The fourth-order valence-corrected chi connectivity index (χ4v) is 2.29. The first-order valence-corrected chi connectivity index (χ1v) is 7.22. The molecule has 0 radical (unpaired) electrons. The van der Waals surface area contributed by atoms with E-state index >= 15 is 0 Å². The predicted octanol–water partition coefficient (Wildman–Crippen LogP) is 3.24. The number of amides is 1. The quantitative estimate of drug-likeness (QED) is 0.819. The van der Waals surface area contributed by atoms with Gasteiger partial charge in [-0.3, -0.25) is 4.79 Å². The van der Waals surface area contributed by atoms with E-state index in [1.165, 1.54) is 0 Å². The van der Waals surface area contributed by atoms with Crippen LogP contribution in [-0.4, -0.2) is 24.4 Å². The normalized spacial score (nSPS) is 17.6. The molecule has 1 amide bonds. The van der Waals surface area contributed by atoms with Crippen LogP contribution in [0.25, 0.3) is 0 Å². The topological polar surface area (TPSA) is 38.3 Å². The zero-order valence-corrected chi connectivity index (χ0v) is 12.3. The highest BCUT2D eigenvalue weighted by Crippen LogP contribution is 2.45. The summed E-state index contributed by atoms with van der Waals surface area (Å²) in [6.45, 7) is 2.34. The summed E-state index contributed by atoms with van der Waals surface area (Å²) in [7, 11) is 0. The summed E-state index contributed by atoms with van der Waals surface area (Å²) in [4.78, 5) is 11.9. The van der Waals surface area contributed by atoms with Crippen LogP contribution >= 0.6 is 23.2 Å². The molecule has 2 rings (SSSR count). The number of halogens is 2. The minimum Gasteiger partial charge on any atom is -0.481 e. The first-order valence-electron chi connectivity index (χ1n) is 6.31. The SMILES string of the molecule is CC(Oc1cccc(Cl)c1)C(=O)NCC1(CCl)CC1. The van der Waals surface area contributed by atoms with Crippen molar-refractivity contribution >= 4 is 29.1 Å². The molecule has 1 aliphatic carbocycles. The van der Waals surface area contributed by atoms with Crippen LogP contribution in [0.15, 0.2) is 24.3 Å². The van der Waals surface area contributed by atoms with Gasteiger partial charge in [-0.15, -0.1) is 11.6 Å². The van der Waals surface area contributed by atoms with Crippen molar-refractivity contribution in [3.63, 3.8) is 0 Å². The van der Waals surface area contributed by atoms with E-state index in [4.69, 9.17) is 27.9 Å². The Kier molecular flexibility index (Phi) is 4.58. The van der Waals surface area contributed by atoms with Crippen molar-refractivity contribution in [1.29, 1.82) is 0 Å². The van der Waals surface area contributed by atoms with Gasteiger partial charge in [0.25, 0.3) is 5.91 Å². The van der Waals surface area contributed by atoms with Gasteiger partial charge < -0.3 is 10.1 Å². The molecule has 1 atom stereocenters. The minimum atomic E-state index is -0.551. The molecule has 0 aliphatic heterocycles. The minimum absolute atomic E-state index is 0.118. The lowest BCUT2D eigenvalue weighted by Crippen LogP contribution is -2.39. The lowest BCUT2D eigenvalue weighted by Gasteiger charge is -2.17. The summed E-state index contributed by atoms with van der Waals surface area (Å²) >= 11 is 11.7. The molecule has 1 N–H and O–H groups in total. The maximum atomic E-state index is 11.9. The average molecular weight is 302 g/mol. The second-order valence-electron chi connectivity index (χ2n) is 5.07. The van der Waals surface area contributed by atoms with E-state index < -0.39 is 6.10 Å². The Labute approximate surface area is 123 Å². The molecule has 1 aliphatic rings. The Hall–Kier alpha value is -0.930. The van der Waals surface area contributed by atoms with Crippen LogP contribution in [0.5, 0.6) is 5.75 Å². The maximum absolute atomic E-state index is 11.9. The molecule has 104 valence electrons. The molecule has 5 heteroatoms. The highest BCUT2D eigenvalue weighted by atomic mass is 35.5. The highest BCUT2D eigenvalue weighted by Gasteiger charge is 2.42. The van der Waals surface area contributed by atoms with Gasteiger partial charge >= 0.3 is 0 Å². The number of alkyl halides is 1. The zero-order chi connectivity index (χ0) is 13.9. The molecule has 0 saturated heterocycles. The van der Waals surface area contributed by atoms with Gasteiger partial charge in [0.1, 0.15) is 5.75 Å². The van der Waals surface area contributed by atoms with Crippen molar-refractivity contribution in [3.8, 4) is 5.75 Å². The van der Waals surface area contributed by atoms with Gasteiger partial charge in [0.2, 0.25) is 0 Å². The second-order valence-corrected chi connectivity index (χ2v) is 5.77. The van der Waals surface area contributed by atoms with Gasteiger partial charge in [-0.05, 0) is 38.0 Å². The van der Waals surface area contributed by atoms with Crippen molar-refractivity contribution in [2.24, 2.45) is 5.41 Å². The maximum Gasteiger partial charge on any atom is 0.260 e. The van der Waals surface area contributed by atoms with E-state index in [-0.39, 0.29) is 11.3 Å². The number of carbonyl (C=O) groups excluding carboxylic acids is 1. The first kappa shape index (κ1) is 14.5. The number of ether oxygens (including phenoxy) is 1. The summed E-state index contributed by atoms with van der Waals surface area (Å²) in [5.74, 6) is 1.06. The van der Waals surface area contributed by atoms with Crippen LogP contribution in [0.3, 0.4) is 0 Å². The fraction of sp³-hybridized carbons (Fsp3) is 0.500. The molecule has 3 nitrogen and oxygen atoms in total. The van der Waals surface area contributed by atoms with Crippen molar-refractivity contribution < 1.29 is 9.53 Å². The Morgan fingerprint density at radius 2 is 2.26 bits per heavy atom.